The molecule has 0 aliphatic heterocycles. The fraction of sp³-hybridized carbons (Fsp3) is 0.500. The number of nitrogens with zero attached hydrogens (tertiary/aromatic N) is 1. The highest BCUT2D eigenvalue weighted by atomic mass is 19.4. The summed E-state index contributed by atoms with van der Waals surface area (Å²) in [5, 5.41) is 0. The second-order valence-electron chi connectivity index (χ2n) is 0.902. The molecular weight excluding hydrogens is 128 g/mol. The highest BCUT2D eigenvalue weighted by Gasteiger charge is 2.26. The summed E-state index contributed by atoms with van der Waals surface area (Å²) in [5.41, 5.74) is 3.94. The Bertz CT molecular complexity index is 99.1. The predicted octanol–water partition coefficient (Wildman–Crippen LogP) is 0.790. The highest BCUT2D eigenvalue weighted by molar-refractivity contribution is 5.69. The summed E-state index contributed by atoms with van der Waals surface area (Å²) < 4.78 is 43.4. The minimum atomic E-state index is -4.89. The average molecular weight is 130 g/mol. The minimum absolute atomic E-state index is 1.44. The number of alkyl halides is 3. The van der Waals surface area contributed by atoms with Crippen LogP contribution in [0.1, 0.15) is 0 Å². The molecule has 0 saturated carbocycles. The molecule has 0 radical (unpaired) electrons. The van der Waals surface area contributed by atoms with Crippen molar-refractivity contribution in [3.63, 3.8) is 0 Å². The maximum absolute atomic E-state index is 11.0. The van der Waals surface area contributed by atoms with Gasteiger partial charge in [0.05, 0.1) is 0 Å². The van der Waals surface area contributed by atoms with Crippen LogP contribution in [0.4, 0.5) is 17.6 Å². The summed E-state index contributed by atoms with van der Waals surface area (Å²) in [4.78, 5) is 1.44. The molecular formula is C2H2F4N2. The first-order chi connectivity index (χ1) is 3.42. The molecule has 0 saturated heterocycles. The number of hydrogen-bond donors (Lipinski definition) is 1. The lowest BCUT2D eigenvalue weighted by Crippen LogP contribution is -2.12. The molecule has 0 rings (SSSR count). The van der Waals surface area contributed by atoms with Gasteiger partial charge in [0.25, 0.3) is 6.09 Å². The monoisotopic (exact) mass is 130 g/mol. The Hall–Kier alpha value is -0.810. The molecule has 0 heterocycles. The third-order valence-corrected chi connectivity index (χ3v) is 0.234. The number of hydrogen-bond acceptors (Lipinski definition) is 1. The van der Waals surface area contributed by atoms with E-state index in [2.05, 4.69) is 5.73 Å². The Balaban J connectivity index is 3.89. The van der Waals surface area contributed by atoms with Crippen molar-refractivity contribution in [3.05, 3.63) is 0 Å². The van der Waals surface area contributed by atoms with Crippen LogP contribution in [0.15, 0.2) is 4.99 Å². The zero-order valence-electron chi connectivity index (χ0n) is 3.54. The van der Waals surface area contributed by atoms with Gasteiger partial charge in [-0.15, -0.1) is 18.2 Å². The molecule has 0 aromatic carbocycles. The molecule has 0 spiro atoms. The van der Waals surface area contributed by atoms with Crippen LogP contribution in [-0.2, 0) is 0 Å². The summed E-state index contributed by atoms with van der Waals surface area (Å²) >= 11 is 0. The molecule has 0 fully saturated rings. The van der Waals surface area contributed by atoms with Crippen LogP contribution in [0, 0.1) is 0 Å². The van der Waals surface area contributed by atoms with Crippen molar-refractivity contribution in [2.75, 3.05) is 0 Å². The third-order valence-electron chi connectivity index (χ3n) is 0.234. The van der Waals surface area contributed by atoms with Gasteiger partial charge in [-0.1, -0.05) is 0 Å². The molecule has 6 heteroatoms. The van der Waals surface area contributed by atoms with Gasteiger partial charge in [0, 0.05) is 0 Å². The number of aliphatic imine (C=N–C) groups is 1. The van der Waals surface area contributed by atoms with E-state index in [4.69, 9.17) is 0 Å². The van der Waals surface area contributed by atoms with Crippen molar-refractivity contribution in [1.29, 1.82) is 0 Å². The molecule has 0 aliphatic rings. The van der Waals surface area contributed by atoms with E-state index in [0.717, 1.165) is 0 Å². The van der Waals surface area contributed by atoms with Crippen LogP contribution in [-0.4, -0.2) is 12.4 Å². The van der Waals surface area contributed by atoms with E-state index >= 15 is 0 Å². The lowest BCUT2D eigenvalue weighted by atomic mass is 11.1. The molecule has 8 heavy (non-hydrogen) atoms. The van der Waals surface area contributed by atoms with E-state index in [1.807, 2.05) is 0 Å². The average Bonchev–Trinajstić information content (AvgIpc) is 1.21. The third kappa shape index (κ3) is 5.19. The lowest BCUT2D eigenvalue weighted by Gasteiger charge is -1.93. The van der Waals surface area contributed by atoms with Gasteiger partial charge in [-0.3, -0.25) is 0 Å². The van der Waals surface area contributed by atoms with Gasteiger partial charge in [0.15, 0.2) is 0 Å². The van der Waals surface area contributed by atoms with Gasteiger partial charge in [-0.2, -0.15) is 4.39 Å². The summed E-state index contributed by atoms with van der Waals surface area (Å²) in [5.74, 6) is 0. The first-order valence-corrected chi connectivity index (χ1v) is 1.49. The van der Waals surface area contributed by atoms with E-state index in [9.17, 15) is 17.6 Å². The van der Waals surface area contributed by atoms with Crippen LogP contribution in [0.3, 0.4) is 0 Å². The maximum Gasteiger partial charge on any atom is 0.506 e. The van der Waals surface area contributed by atoms with Gasteiger partial charge in [0.2, 0.25) is 0 Å². The Morgan fingerprint density at radius 2 is 1.75 bits per heavy atom. The smallest absolute Gasteiger partial charge is 0.360 e. The molecule has 0 aromatic heterocycles. The molecule has 0 unspecified atom stereocenters. The summed E-state index contributed by atoms with van der Waals surface area (Å²) in [6, 6.07) is 0. The van der Waals surface area contributed by atoms with Crippen molar-refractivity contribution >= 4 is 6.09 Å². The second kappa shape index (κ2) is 1.97. The number of halogens is 4. The van der Waals surface area contributed by atoms with Crippen LogP contribution in [0.5, 0.6) is 0 Å². The van der Waals surface area contributed by atoms with Crippen LogP contribution in [0.2, 0.25) is 0 Å². The molecule has 0 bridgehead atoms. The van der Waals surface area contributed by atoms with E-state index in [1.165, 1.54) is 4.99 Å². The number of nitrogens with two attached hydrogens (primary N) is 1. The van der Waals surface area contributed by atoms with Crippen molar-refractivity contribution < 1.29 is 17.6 Å². The van der Waals surface area contributed by atoms with E-state index in [0.29, 0.717) is 0 Å². The second-order valence-corrected chi connectivity index (χ2v) is 0.902. The van der Waals surface area contributed by atoms with E-state index < -0.39 is 12.4 Å². The van der Waals surface area contributed by atoms with Crippen molar-refractivity contribution in [2.45, 2.75) is 6.30 Å². The standard InChI is InChI=1S/C2H2F4N2/c3-1(7)8-2(4,5)6/h(H2,7,8). The van der Waals surface area contributed by atoms with E-state index in [-0.39, 0.29) is 0 Å². The SMILES string of the molecule is N/C(F)=N/C(F)(F)F. The first kappa shape index (κ1) is 7.19. The van der Waals surface area contributed by atoms with E-state index in [1.54, 1.807) is 0 Å². The van der Waals surface area contributed by atoms with Crippen LogP contribution >= 0.6 is 0 Å². The molecule has 0 aromatic rings. The Kier molecular flexibility index (Phi) is 1.77. The Morgan fingerprint density at radius 3 is 1.75 bits per heavy atom. The normalized spacial score (nSPS) is 14.2. The zero-order valence-corrected chi connectivity index (χ0v) is 3.54. The molecule has 2 N–H and O–H groups in total. The van der Waals surface area contributed by atoms with Crippen LogP contribution < -0.4 is 5.73 Å². The van der Waals surface area contributed by atoms with Gasteiger partial charge < -0.3 is 5.73 Å². The molecule has 2 nitrogen and oxygen atoms in total. The topological polar surface area (TPSA) is 38.4 Å². The number of rotatable bonds is 0. The largest absolute Gasteiger partial charge is 0.506 e. The summed E-state index contributed by atoms with van der Waals surface area (Å²) in [7, 11) is 0. The fourth-order valence-corrected chi connectivity index (χ4v) is 0.121. The molecule has 0 atom stereocenters. The van der Waals surface area contributed by atoms with Gasteiger partial charge >= 0.3 is 6.30 Å². The Morgan fingerprint density at radius 1 is 1.38 bits per heavy atom. The zero-order chi connectivity index (χ0) is 6.78. The maximum atomic E-state index is 11.0. The highest BCUT2D eigenvalue weighted by Crippen LogP contribution is 2.15. The molecule has 0 amide bonds. The quantitative estimate of drug-likeness (QED) is 0.224. The predicted molar refractivity (Wildman–Crippen MR) is 18.8 cm³/mol. The Labute approximate surface area is 42.0 Å². The molecule has 48 valence electrons. The van der Waals surface area contributed by atoms with Crippen molar-refractivity contribution in [2.24, 2.45) is 10.7 Å². The van der Waals surface area contributed by atoms with Crippen molar-refractivity contribution in [1.82, 2.24) is 0 Å². The minimum Gasteiger partial charge on any atom is -0.360 e. The van der Waals surface area contributed by atoms with Gasteiger partial charge in [0.1, 0.15) is 0 Å². The fourth-order valence-electron chi connectivity index (χ4n) is 0.121. The first-order valence-electron chi connectivity index (χ1n) is 1.49. The number of amidine groups is 1. The van der Waals surface area contributed by atoms with Crippen LogP contribution in [0.25, 0.3) is 0 Å². The van der Waals surface area contributed by atoms with Crippen molar-refractivity contribution in [3.8, 4) is 0 Å². The summed E-state index contributed by atoms with van der Waals surface area (Å²) in [6.07, 6.45) is -6.86. The molecule has 0 aliphatic carbocycles. The van der Waals surface area contributed by atoms with Gasteiger partial charge in [-0.05, 0) is 0 Å². The summed E-state index contributed by atoms with van der Waals surface area (Å²) in [6.45, 7) is 0. The lowest BCUT2D eigenvalue weighted by molar-refractivity contribution is -0.120. The van der Waals surface area contributed by atoms with Gasteiger partial charge in [-0.25, -0.2) is 0 Å².